The second-order valence-corrected chi connectivity index (χ2v) is 6.48. The largest absolute Gasteiger partial charge is 0.283 e. The number of benzene rings is 1. The lowest BCUT2D eigenvalue weighted by molar-refractivity contribution is 0.721. The number of hydrogen-bond acceptors (Lipinski definition) is 7. The number of hydrogen-bond donors (Lipinski definition) is 1. The van der Waals surface area contributed by atoms with Gasteiger partial charge in [0.2, 0.25) is 0 Å². The molecular weight excluding hydrogens is 376 g/mol. The number of aromatic nitrogens is 3. The summed E-state index contributed by atoms with van der Waals surface area (Å²) in [6.45, 7) is 0. The van der Waals surface area contributed by atoms with Crippen LogP contribution in [0.3, 0.4) is 0 Å². The first-order chi connectivity index (χ1) is 13.7. The van der Waals surface area contributed by atoms with E-state index in [9.17, 15) is 4.91 Å². The fourth-order valence-electron chi connectivity index (χ4n) is 3.18. The molecule has 1 atom stereocenters. The highest BCUT2D eigenvalue weighted by molar-refractivity contribution is 6.36. The van der Waals surface area contributed by atoms with Crippen molar-refractivity contribution in [3.05, 3.63) is 94.4 Å². The van der Waals surface area contributed by atoms with E-state index in [1.54, 1.807) is 61.2 Å². The van der Waals surface area contributed by atoms with Gasteiger partial charge in [-0.25, -0.2) is 10.8 Å². The molecule has 3 aromatic heterocycles. The van der Waals surface area contributed by atoms with Crippen molar-refractivity contribution in [1.82, 2.24) is 15.0 Å². The highest BCUT2D eigenvalue weighted by Gasteiger charge is 2.27. The molecule has 0 aliphatic rings. The molecule has 0 fully saturated rings. The molecule has 4 aromatic rings. The predicted molar refractivity (Wildman–Crippen MR) is 109 cm³/mol. The van der Waals surface area contributed by atoms with Crippen molar-refractivity contribution in [1.29, 1.82) is 0 Å². The maximum absolute atomic E-state index is 11.8. The number of nitroso groups, excluding NO2 is 1. The molecule has 7 nitrogen and oxygen atoms in total. The van der Waals surface area contributed by atoms with Crippen molar-refractivity contribution in [2.24, 2.45) is 11.0 Å². The zero-order valence-electron chi connectivity index (χ0n) is 14.6. The van der Waals surface area contributed by atoms with Crippen LogP contribution < -0.4 is 10.9 Å². The van der Waals surface area contributed by atoms with Crippen LogP contribution in [-0.4, -0.2) is 15.0 Å². The van der Waals surface area contributed by atoms with E-state index in [0.717, 1.165) is 5.56 Å². The minimum Gasteiger partial charge on any atom is -0.283 e. The highest BCUT2D eigenvalue weighted by Crippen LogP contribution is 2.41. The molecule has 8 heteroatoms. The van der Waals surface area contributed by atoms with Gasteiger partial charge in [0.05, 0.1) is 5.02 Å². The molecule has 0 saturated heterocycles. The lowest BCUT2D eigenvalue weighted by atomic mass is 9.96. The molecule has 28 heavy (non-hydrogen) atoms. The van der Waals surface area contributed by atoms with Gasteiger partial charge >= 0.3 is 0 Å². The minimum atomic E-state index is -0.597. The Kier molecular flexibility index (Phi) is 4.92. The Hall–Kier alpha value is -3.42. The van der Waals surface area contributed by atoms with Gasteiger partial charge in [-0.15, -0.1) is 4.91 Å². The van der Waals surface area contributed by atoms with E-state index >= 15 is 0 Å². The molecule has 4 rings (SSSR count). The van der Waals surface area contributed by atoms with Crippen molar-refractivity contribution in [3.8, 4) is 0 Å². The molecule has 0 amide bonds. The summed E-state index contributed by atoms with van der Waals surface area (Å²) >= 11 is 6.50. The highest BCUT2D eigenvalue weighted by atomic mass is 35.5. The minimum absolute atomic E-state index is 0.181. The summed E-state index contributed by atoms with van der Waals surface area (Å²) in [4.78, 5) is 24.6. The van der Waals surface area contributed by atoms with Crippen LogP contribution in [0.2, 0.25) is 5.02 Å². The van der Waals surface area contributed by atoms with Crippen LogP contribution in [0.4, 0.5) is 11.5 Å². The monoisotopic (exact) mass is 390 g/mol. The molecular formula is C20H15ClN6O. The Bertz CT molecular complexity index is 1120. The second kappa shape index (κ2) is 7.67. The topological polar surface area (TPSA) is 97.4 Å². The van der Waals surface area contributed by atoms with Crippen LogP contribution in [0.25, 0.3) is 10.9 Å². The maximum Gasteiger partial charge on any atom is 0.143 e. The third-order valence-electron chi connectivity index (χ3n) is 4.42. The van der Waals surface area contributed by atoms with Gasteiger partial charge < -0.3 is 0 Å². The summed E-state index contributed by atoms with van der Waals surface area (Å²) in [5.41, 5.74) is 1.88. The molecule has 0 bridgehead atoms. The number of anilines is 1. The van der Waals surface area contributed by atoms with E-state index in [2.05, 4.69) is 20.1 Å². The molecule has 1 unspecified atom stereocenters. The number of nitrogens with two attached hydrogens (primary N) is 1. The Morgan fingerprint density at radius 1 is 1.04 bits per heavy atom. The Morgan fingerprint density at radius 3 is 2.57 bits per heavy atom. The first-order valence-corrected chi connectivity index (χ1v) is 8.84. The Morgan fingerprint density at radius 2 is 1.86 bits per heavy atom. The van der Waals surface area contributed by atoms with Crippen LogP contribution in [0.15, 0.2) is 78.5 Å². The first kappa shape index (κ1) is 18.0. The molecule has 3 heterocycles. The fraction of sp³-hybridized carbons (Fsp3) is 0.0500. The molecule has 0 aliphatic heterocycles. The molecule has 1 aromatic carbocycles. The summed E-state index contributed by atoms with van der Waals surface area (Å²) < 4.78 is 0. The molecule has 2 N–H and O–H groups in total. The molecule has 0 spiro atoms. The van der Waals surface area contributed by atoms with Crippen molar-refractivity contribution >= 4 is 34.0 Å². The van der Waals surface area contributed by atoms with Crippen molar-refractivity contribution in [2.45, 2.75) is 6.04 Å². The van der Waals surface area contributed by atoms with Gasteiger partial charge in [0, 0.05) is 35.7 Å². The first-order valence-electron chi connectivity index (χ1n) is 8.46. The van der Waals surface area contributed by atoms with E-state index in [-0.39, 0.29) is 5.69 Å². The second-order valence-electron chi connectivity index (χ2n) is 6.07. The summed E-state index contributed by atoms with van der Waals surface area (Å²) in [7, 11) is 0. The SMILES string of the molecule is NN(c1ccccn1)C(c1cccnc1)c1cc(Cl)c2cccnc2c1N=O. The van der Waals surface area contributed by atoms with E-state index in [1.165, 1.54) is 5.01 Å². The lowest BCUT2D eigenvalue weighted by Crippen LogP contribution is -2.36. The van der Waals surface area contributed by atoms with Crippen molar-refractivity contribution < 1.29 is 0 Å². The lowest BCUT2D eigenvalue weighted by Gasteiger charge is -2.29. The van der Waals surface area contributed by atoms with Gasteiger partial charge in [-0.05, 0) is 47.1 Å². The van der Waals surface area contributed by atoms with Crippen LogP contribution in [-0.2, 0) is 0 Å². The molecule has 0 saturated carbocycles. The zero-order valence-corrected chi connectivity index (χ0v) is 15.4. The van der Waals surface area contributed by atoms with E-state index in [0.29, 0.717) is 27.3 Å². The van der Waals surface area contributed by atoms with Gasteiger partial charge in [0.25, 0.3) is 0 Å². The van der Waals surface area contributed by atoms with Crippen molar-refractivity contribution in [2.75, 3.05) is 5.01 Å². The van der Waals surface area contributed by atoms with Gasteiger partial charge in [-0.1, -0.05) is 23.7 Å². The summed E-state index contributed by atoms with van der Waals surface area (Å²) in [5, 5.41) is 5.83. The van der Waals surface area contributed by atoms with E-state index in [4.69, 9.17) is 17.4 Å². The third kappa shape index (κ3) is 3.17. The Labute approximate surface area is 165 Å². The molecule has 0 aliphatic carbocycles. The van der Waals surface area contributed by atoms with Gasteiger partial charge in [0.15, 0.2) is 0 Å². The standard InChI is InChI=1S/C20H15ClN6O/c21-16-11-15(19(26-28)18-14(16)6-4-10-25-18)20(13-5-3-8-23-12-13)27(22)17-7-1-2-9-24-17/h1-12,20H,22H2. The van der Waals surface area contributed by atoms with Crippen molar-refractivity contribution in [3.63, 3.8) is 0 Å². The predicted octanol–water partition coefficient (Wildman–Crippen LogP) is 4.55. The van der Waals surface area contributed by atoms with Gasteiger partial charge in [-0.2, -0.15) is 0 Å². The van der Waals surface area contributed by atoms with Gasteiger partial charge in [-0.3, -0.25) is 15.0 Å². The number of fused-ring (bicyclic) bond motifs is 1. The zero-order chi connectivity index (χ0) is 19.5. The quantitative estimate of drug-likeness (QED) is 0.305. The molecule has 138 valence electrons. The number of pyridine rings is 3. The number of hydrazine groups is 1. The van der Waals surface area contributed by atoms with Crippen LogP contribution in [0.1, 0.15) is 17.2 Å². The van der Waals surface area contributed by atoms with Crippen LogP contribution >= 0.6 is 11.6 Å². The number of halogens is 1. The third-order valence-corrected chi connectivity index (χ3v) is 4.74. The average Bonchev–Trinajstić information content (AvgIpc) is 2.75. The number of nitrogens with zero attached hydrogens (tertiary/aromatic N) is 5. The summed E-state index contributed by atoms with van der Waals surface area (Å²) in [6, 6.07) is 13.7. The Balaban J connectivity index is 1.99. The van der Waals surface area contributed by atoms with Crippen LogP contribution in [0.5, 0.6) is 0 Å². The fourth-order valence-corrected chi connectivity index (χ4v) is 3.45. The smallest absolute Gasteiger partial charge is 0.143 e. The normalized spacial score (nSPS) is 11.9. The van der Waals surface area contributed by atoms with E-state index < -0.39 is 6.04 Å². The number of rotatable bonds is 5. The van der Waals surface area contributed by atoms with Crippen LogP contribution in [0, 0.1) is 4.91 Å². The summed E-state index contributed by atoms with van der Waals surface area (Å²) in [5.74, 6) is 6.98. The maximum atomic E-state index is 11.8. The summed E-state index contributed by atoms with van der Waals surface area (Å²) in [6.07, 6.45) is 6.58. The van der Waals surface area contributed by atoms with Gasteiger partial charge in [0.1, 0.15) is 23.1 Å². The molecule has 0 radical (unpaired) electrons. The average molecular weight is 391 g/mol. The van der Waals surface area contributed by atoms with E-state index in [1.807, 2.05) is 12.1 Å².